The first-order valence-electron chi connectivity index (χ1n) is 50.9. The smallest absolute Gasteiger partial charge is 0.165 e. The van der Waals surface area contributed by atoms with Crippen LogP contribution in [0.1, 0.15) is 239 Å². The van der Waals surface area contributed by atoms with E-state index in [2.05, 4.69) is 230 Å². The summed E-state index contributed by atoms with van der Waals surface area (Å²) in [5.41, 5.74) is 22.3. The van der Waals surface area contributed by atoms with E-state index < -0.39 is 0 Å². The molecule has 0 radical (unpaired) electrons. The molecule has 0 N–H and O–H groups in total. The lowest BCUT2D eigenvalue weighted by molar-refractivity contribution is -0.0685. The molecule has 0 aliphatic heterocycles. The number of Topliss-reactive ketones (excluding diaryl/α,β-unsaturated/α-hetero) is 4. The van der Waals surface area contributed by atoms with Crippen LogP contribution in [0.3, 0.4) is 0 Å². The van der Waals surface area contributed by atoms with Gasteiger partial charge in [-0.05, 0) is 287 Å². The lowest BCUT2D eigenvalue weighted by Crippen LogP contribution is -2.47. The molecule has 8 saturated carbocycles. The predicted molar refractivity (Wildman–Crippen MR) is 562 cm³/mol. The number of fused-ring (bicyclic) bond motifs is 4. The Morgan fingerprint density at radius 2 is 0.554 bits per heavy atom. The maximum absolute atomic E-state index is 14.4. The van der Waals surface area contributed by atoms with Crippen LogP contribution in [0.4, 0.5) is 4.39 Å². The summed E-state index contributed by atoms with van der Waals surface area (Å²) in [5, 5.41) is 23.6. The van der Waals surface area contributed by atoms with Crippen molar-refractivity contribution in [3.8, 4) is 44.5 Å². The molecule has 0 bridgehead atoms. The van der Waals surface area contributed by atoms with Crippen molar-refractivity contribution in [1.82, 2.24) is 39.1 Å². The van der Waals surface area contributed by atoms with E-state index >= 15 is 0 Å². The fraction of sp³-hybridized carbons (Fsp3) is 0.350. The summed E-state index contributed by atoms with van der Waals surface area (Å²) >= 11 is 19.4. The number of carbonyl (C=O) groups is 4. The molecular formula is C123H122Cl3FN8O4. The van der Waals surface area contributed by atoms with E-state index in [-0.39, 0.29) is 29.0 Å². The molecular weight excluding hydrogens is 1780 g/mol. The van der Waals surface area contributed by atoms with Gasteiger partial charge in [-0.25, -0.2) is 4.39 Å². The van der Waals surface area contributed by atoms with Crippen LogP contribution < -0.4 is 0 Å². The van der Waals surface area contributed by atoms with Crippen LogP contribution in [-0.2, 0) is 26.2 Å². The largest absolute Gasteiger partial charge is 0.294 e. The Labute approximate surface area is 830 Å². The highest BCUT2D eigenvalue weighted by molar-refractivity contribution is 6.36. The van der Waals surface area contributed by atoms with Crippen LogP contribution in [0.15, 0.2) is 292 Å². The number of halogens is 4. The molecule has 8 aliphatic rings. The molecule has 12 nitrogen and oxygen atoms in total. The van der Waals surface area contributed by atoms with Crippen molar-refractivity contribution in [2.24, 2.45) is 69.0 Å². The molecule has 0 atom stereocenters. The normalized spacial score (nSPS) is 23.3. The monoisotopic (exact) mass is 1900 g/mol. The molecule has 4 spiro atoms. The summed E-state index contributed by atoms with van der Waals surface area (Å²) in [6.07, 6.45) is 33.8. The SMILES string of the molecule is CC1CC2(C1)CC(CC(=O)c1ccc(Cl)c3cnn(Cc4ccc(-c5ccccc5)cc4)c13)C2.CCC1CC2(C1)CC(CC(=O)c1cc(Cl)cc3cnn(Cc4ccc(-c5ccccc5)cc4)c13)C2.CCC1CC2(C1)CC(CC(=O)c1cc(F)cc3cnn(Cc4ccc(-c5ccccc5)cc4)c13)C2.CCC1CC2(C1)CC(CC(=O)c1ccc(Cl)c3cnn(Cc4ccc(-c5ccccc5)cc4)c13)C2. The van der Waals surface area contributed by atoms with E-state index in [1.54, 1.807) is 18.6 Å². The second-order valence-corrected chi connectivity index (χ2v) is 44.4. The predicted octanol–water partition coefficient (Wildman–Crippen LogP) is 31.9. The minimum Gasteiger partial charge on any atom is -0.294 e. The van der Waals surface area contributed by atoms with Gasteiger partial charge in [0.1, 0.15) is 5.82 Å². The molecule has 24 rings (SSSR count). The maximum atomic E-state index is 14.4. The summed E-state index contributed by atoms with van der Waals surface area (Å²) in [7, 11) is 0. The van der Waals surface area contributed by atoms with Crippen LogP contribution in [0.2, 0.25) is 15.1 Å². The van der Waals surface area contributed by atoms with Crippen molar-refractivity contribution in [1.29, 1.82) is 0 Å². The van der Waals surface area contributed by atoms with Crippen molar-refractivity contribution in [2.45, 2.75) is 202 Å². The average molecular weight is 1900 g/mol. The molecule has 0 unspecified atom stereocenters. The van der Waals surface area contributed by atoms with Gasteiger partial charge in [-0.15, -0.1) is 0 Å². The van der Waals surface area contributed by atoms with Gasteiger partial charge in [-0.3, -0.25) is 37.9 Å². The minimum atomic E-state index is -0.373. The van der Waals surface area contributed by atoms with Crippen molar-refractivity contribution in [3.63, 3.8) is 0 Å². The molecule has 8 fully saturated rings. The van der Waals surface area contributed by atoms with Gasteiger partial charge in [-0.1, -0.05) is 300 Å². The molecule has 4 aromatic heterocycles. The van der Waals surface area contributed by atoms with Gasteiger partial charge in [-0.2, -0.15) is 20.4 Å². The topological polar surface area (TPSA) is 140 Å². The third kappa shape index (κ3) is 19.9. The van der Waals surface area contributed by atoms with Crippen LogP contribution in [0, 0.1) is 74.8 Å². The van der Waals surface area contributed by atoms with Crippen LogP contribution in [0.25, 0.3) is 88.1 Å². The summed E-state index contributed by atoms with van der Waals surface area (Å²) < 4.78 is 22.1. The number of carbonyl (C=O) groups excluding carboxylic acids is 4. The summed E-state index contributed by atoms with van der Waals surface area (Å²) in [6.45, 7) is 11.6. The Morgan fingerprint density at radius 3 is 0.856 bits per heavy atom. The Balaban J connectivity index is 0.000000110. The molecule has 8 aliphatic carbocycles. The third-order valence-electron chi connectivity index (χ3n) is 33.0. The van der Waals surface area contributed by atoms with Crippen molar-refractivity contribution in [3.05, 3.63) is 357 Å². The lowest BCUT2D eigenvalue weighted by atomic mass is 9.47. The zero-order valence-corrected chi connectivity index (χ0v) is 82.4. The first-order chi connectivity index (χ1) is 67.6. The summed E-state index contributed by atoms with van der Waals surface area (Å²) in [4.78, 5) is 53.6. The van der Waals surface area contributed by atoms with E-state index in [9.17, 15) is 23.6 Å². The summed E-state index contributed by atoms with van der Waals surface area (Å²) in [6, 6.07) is 89.6. The summed E-state index contributed by atoms with van der Waals surface area (Å²) in [5.74, 6) is 5.86. The second-order valence-electron chi connectivity index (χ2n) is 43.1. The van der Waals surface area contributed by atoms with Crippen molar-refractivity contribution < 1.29 is 23.6 Å². The standard InChI is InChI=1S/2C31H31ClN2O.C31H31FN2O.C30H29ClN2O/c1-2-21-15-31(16-21)17-23(18-31)12-29(35)28-14-27(32)13-26-19-33-34(30(26)28)20-22-8-10-25(11-9-22)24-6-4-3-5-7-24;1-2-21-15-31(16-21)17-23(18-31)14-29(35)26-12-13-28(32)27-19-33-34(30(26)27)20-22-8-10-25(11-9-22)24-6-4-3-5-7-24;1-2-21-15-31(16-21)17-23(18-31)12-29(35)28-14-27(32)13-26-19-33-34(30(26)28)20-22-8-10-25(11-9-22)24-6-4-3-5-7-24;1-20-14-30(15-20)16-22(17-30)13-28(34)25-11-12-27(31)26-18-32-33(29(25)26)19-21-7-9-24(10-8-21)23-5-3-2-4-6-23/h3-11,13-14,19,21,23H,2,12,15-18,20H2,1H3;3-13,19,21,23H,2,14-18,20H2,1H3;3-11,13-14,19,21,23H,2,12,15-18,20H2,1H3;2-12,18,20,22H,13-17,19H2,1H3. The number of benzene rings is 12. The molecule has 16 aromatic rings. The van der Waals surface area contributed by atoms with Crippen LogP contribution in [0.5, 0.6) is 0 Å². The fourth-order valence-electron chi connectivity index (χ4n) is 26.3. The highest BCUT2D eigenvalue weighted by Crippen LogP contribution is 2.66. The quantitative estimate of drug-likeness (QED) is 0.0464. The Hall–Kier alpha value is -12.0. The zero-order chi connectivity index (χ0) is 95.3. The van der Waals surface area contributed by atoms with Gasteiger partial charge in [0.25, 0.3) is 0 Å². The number of ketones is 4. The van der Waals surface area contributed by atoms with E-state index in [0.29, 0.717) is 129 Å². The Morgan fingerprint density at radius 1 is 0.295 bits per heavy atom. The van der Waals surface area contributed by atoms with E-state index in [0.717, 1.165) is 114 Å². The minimum absolute atomic E-state index is 0.0434. The highest BCUT2D eigenvalue weighted by atomic mass is 35.5. The van der Waals surface area contributed by atoms with E-state index in [1.165, 1.54) is 160 Å². The van der Waals surface area contributed by atoms with Crippen molar-refractivity contribution >= 4 is 102 Å². The highest BCUT2D eigenvalue weighted by Gasteiger charge is 2.55. The fourth-order valence-corrected chi connectivity index (χ4v) is 27.0. The van der Waals surface area contributed by atoms with Crippen molar-refractivity contribution in [2.75, 3.05) is 0 Å². The van der Waals surface area contributed by atoms with Gasteiger partial charge in [0, 0.05) is 74.5 Å². The molecule has 16 heteroatoms. The Kier molecular flexibility index (Phi) is 26.6. The first kappa shape index (κ1) is 93.3. The molecule has 139 heavy (non-hydrogen) atoms. The van der Waals surface area contributed by atoms with Crippen LogP contribution >= 0.6 is 34.8 Å². The number of hydrogen-bond donors (Lipinski definition) is 0. The van der Waals surface area contributed by atoms with Gasteiger partial charge < -0.3 is 0 Å². The van der Waals surface area contributed by atoms with Gasteiger partial charge in [0.05, 0.1) is 83.1 Å². The van der Waals surface area contributed by atoms with Crippen LogP contribution in [-0.4, -0.2) is 62.3 Å². The van der Waals surface area contributed by atoms with Gasteiger partial charge >= 0.3 is 0 Å². The van der Waals surface area contributed by atoms with E-state index in [1.807, 2.05) is 97.7 Å². The third-order valence-corrected chi connectivity index (χ3v) is 33.8. The number of rotatable bonds is 27. The molecule has 0 amide bonds. The first-order valence-corrected chi connectivity index (χ1v) is 52.0. The Bertz CT molecular complexity index is 6920. The maximum Gasteiger partial charge on any atom is 0.165 e. The molecule has 12 aromatic carbocycles. The number of aromatic nitrogens is 8. The van der Waals surface area contributed by atoms with Gasteiger partial charge in [0.15, 0.2) is 23.1 Å². The molecule has 0 saturated heterocycles. The molecule has 706 valence electrons. The average Bonchev–Trinajstić information content (AvgIpc) is 1.27. The lowest BCUT2D eigenvalue weighted by Gasteiger charge is -2.58. The van der Waals surface area contributed by atoms with Gasteiger partial charge in [0.2, 0.25) is 0 Å². The van der Waals surface area contributed by atoms with E-state index in [4.69, 9.17) is 34.8 Å². The number of hydrogen-bond acceptors (Lipinski definition) is 8. The zero-order valence-electron chi connectivity index (χ0n) is 80.1. The number of nitrogens with zero attached hydrogens (tertiary/aromatic N) is 8. The molecule has 4 heterocycles. The second kappa shape index (κ2) is 39.6.